The van der Waals surface area contributed by atoms with Crippen molar-refractivity contribution >= 4 is 15.9 Å². The van der Waals surface area contributed by atoms with Crippen molar-refractivity contribution in [2.75, 3.05) is 13.2 Å². The van der Waals surface area contributed by atoms with Crippen LogP contribution in [-0.2, 0) is 4.74 Å². The van der Waals surface area contributed by atoms with Gasteiger partial charge in [-0.3, -0.25) is 0 Å². The number of halogens is 1. The predicted octanol–water partition coefficient (Wildman–Crippen LogP) is 4.06. The van der Waals surface area contributed by atoms with Crippen molar-refractivity contribution in [1.29, 1.82) is 0 Å². The van der Waals surface area contributed by atoms with Gasteiger partial charge in [0.25, 0.3) is 0 Å². The lowest BCUT2D eigenvalue weighted by atomic mass is 9.76. The Bertz CT molecular complexity index is 423. The van der Waals surface area contributed by atoms with E-state index >= 15 is 0 Å². The molecule has 2 fully saturated rings. The first-order valence-electron chi connectivity index (χ1n) is 7.29. The Labute approximate surface area is 124 Å². The smallest absolute Gasteiger partial charge is 0.0950 e. The second-order valence-electron chi connectivity index (χ2n) is 6.21. The van der Waals surface area contributed by atoms with Gasteiger partial charge in [0.2, 0.25) is 0 Å². The first-order valence-corrected chi connectivity index (χ1v) is 8.08. The maximum Gasteiger partial charge on any atom is 0.0950 e. The van der Waals surface area contributed by atoms with Gasteiger partial charge in [0.1, 0.15) is 0 Å². The summed E-state index contributed by atoms with van der Waals surface area (Å²) in [6.45, 7) is 4.16. The average Bonchev–Trinajstić information content (AvgIpc) is 2.41. The fraction of sp³-hybridized carbons (Fsp3) is 0.625. The third-order valence-corrected chi connectivity index (χ3v) is 5.09. The molecule has 1 N–H and O–H groups in total. The third kappa shape index (κ3) is 3.04. The zero-order valence-corrected chi connectivity index (χ0v) is 13.1. The first kappa shape index (κ1) is 13.6. The molecular weight excluding hydrogens is 302 g/mol. The molecule has 2 nitrogen and oxygen atoms in total. The normalized spacial score (nSPS) is 35.5. The summed E-state index contributed by atoms with van der Waals surface area (Å²) in [5.74, 6) is 0.828. The fourth-order valence-electron chi connectivity index (χ4n) is 3.52. The van der Waals surface area contributed by atoms with Crippen LogP contribution in [0.25, 0.3) is 0 Å². The quantitative estimate of drug-likeness (QED) is 0.841. The van der Waals surface area contributed by atoms with E-state index in [1.165, 1.54) is 31.2 Å². The van der Waals surface area contributed by atoms with E-state index in [1.807, 2.05) is 0 Å². The van der Waals surface area contributed by atoms with Crippen LogP contribution in [0.1, 0.15) is 44.3 Å². The van der Waals surface area contributed by atoms with Crippen LogP contribution in [0.4, 0.5) is 0 Å². The first-order chi connectivity index (χ1) is 9.17. The fourth-order valence-corrected chi connectivity index (χ4v) is 3.79. The van der Waals surface area contributed by atoms with Gasteiger partial charge in [0, 0.05) is 16.6 Å². The van der Waals surface area contributed by atoms with Crippen molar-refractivity contribution in [3.63, 3.8) is 0 Å². The second kappa shape index (κ2) is 5.55. The molecule has 1 aromatic rings. The Morgan fingerprint density at radius 3 is 2.74 bits per heavy atom. The number of rotatable bonds is 1. The van der Waals surface area contributed by atoms with Gasteiger partial charge in [-0.25, -0.2) is 0 Å². The lowest BCUT2D eigenvalue weighted by Gasteiger charge is -2.45. The molecule has 3 unspecified atom stereocenters. The monoisotopic (exact) mass is 323 g/mol. The van der Waals surface area contributed by atoms with Crippen LogP contribution >= 0.6 is 15.9 Å². The zero-order chi connectivity index (χ0) is 13.3. The molecule has 0 radical (unpaired) electrons. The molecule has 3 rings (SSSR count). The summed E-state index contributed by atoms with van der Waals surface area (Å²) in [5, 5.41) is 3.79. The van der Waals surface area contributed by atoms with Crippen molar-refractivity contribution in [3.8, 4) is 0 Å². The van der Waals surface area contributed by atoms with Crippen LogP contribution < -0.4 is 5.32 Å². The molecular formula is C16H22BrNO. The minimum absolute atomic E-state index is 0.205. The maximum absolute atomic E-state index is 6.17. The van der Waals surface area contributed by atoms with E-state index in [0.717, 1.165) is 23.5 Å². The lowest BCUT2D eigenvalue weighted by molar-refractivity contribution is -0.0527. The number of ether oxygens (including phenoxy) is 1. The van der Waals surface area contributed by atoms with Crippen LogP contribution in [0.2, 0.25) is 0 Å². The van der Waals surface area contributed by atoms with E-state index in [-0.39, 0.29) is 11.6 Å². The van der Waals surface area contributed by atoms with Gasteiger partial charge in [-0.15, -0.1) is 0 Å². The highest BCUT2D eigenvalue weighted by Gasteiger charge is 2.39. The van der Waals surface area contributed by atoms with Gasteiger partial charge < -0.3 is 10.1 Å². The van der Waals surface area contributed by atoms with Crippen LogP contribution in [0.5, 0.6) is 0 Å². The lowest BCUT2D eigenvalue weighted by Crippen LogP contribution is -2.56. The highest BCUT2D eigenvalue weighted by molar-refractivity contribution is 9.10. The van der Waals surface area contributed by atoms with Crippen LogP contribution in [-0.4, -0.2) is 18.7 Å². The minimum Gasteiger partial charge on any atom is -0.370 e. The molecule has 1 spiro atoms. The molecule has 0 amide bonds. The molecule has 1 aliphatic heterocycles. The van der Waals surface area contributed by atoms with Crippen LogP contribution in [0.15, 0.2) is 28.7 Å². The van der Waals surface area contributed by atoms with Gasteiger partial charge in [-0.05, 0) is 36.5 Å². The Kier molecular flexibility index (Phi) is 3.97. The number of hydrogen-bond acceptors (Lipinski definition) is 2. The predicted molar refractivity (Wildman–Crippen MR) is 81.2 cm³/mol. The zero-order valence-electron chi connectivity index (χ0n) is 11.5. The van der Waals surface area contributed by atoms with Gasteiger partial charge >= 0.3 is 0 Å². The molecule has 3 heteroatoms. The molecule has 1 heterocycles. The largest absolute Gasteiger partial charge is 0.370 e. The summed E-state index contributed by atoms with van der Waals surface area (Å²) >= 11 is 3.48. The molecule has 3 atom stereocenters. The number of morpholine rings is 1. The van der Waals surface area contributed by atoms with E-state index in [4.69, 9.17) is 4.74 Å². The Balaban J connectivity index is 1.64. The summed E-state index contributed by atoms with van der Waals surface area (Å²) in [7, 11) is 0. The molecule has 19 heavy (non-hydrogen) atoms. The summed E-state index contributed by atoms with van der Waals surface area (Å²) in [6, 6.07) is 8.48. The third-order valence-electron chi connectivity index (χ3n) is 4.56. The van der Waals surface area contributed by atoms with E-state index < -0.39 is 0 Å². The van der Waals surface area contributed by atoms with E-state index in [0.29, 0.717) is 0 Å². The molecule has 0 bridgehead atoms. The molecule has 1 saturated heterocycles. The van der Waals surface area contributed by atoms with Crippen molar-refractivity contribution in [2.24, 2.45) is 5.92 Å². The van der Waals surface area contributed by atoms with Gasteiger partial charge in [0.05, 0.1) is 12.7 Å². The van der Waals surface area contributed by atoms with Crippen LogP contribution in [0, 0.1) is 5.92 Å². The Hall–Kier alpha value is -0.380. The Morgan fingerprint density at radius 1 is 1.32 bits per heavy atom. The number of benzene rings is 1. The van der Waals surface area contributed by atoms with E-state index in [1.54, 1.807) is 0 Å². The van der Waals surface area contributed by atoms with Crippen molar-refractivity contribution in [3.05, 3.63) is 34.3 Å². The van der Waals surface area contributed by atoms with E-state index in [2.05, 4.69) is 52.4 Å². The molecule has 1 aliphatic carbocycles. The second-order valence-corrected chi connectivity index (χ2v) is 7.13. The molecule has 104 valence electrons. The minimum atomic E-state index is 0.205. The molecule has 2 aliphatic rings. The maximum atomic E-state index is 6.17. The summed E-state index contributed by atoms with van der Waals surface area (Å²) in [6.07, 6.45) is 5.45. The molecule has 0 aromatic heterocycles. The van der Waals surface area contributed by atoms with Gasteiger partial charge in [-0.2, -0.15) is 0 Å². The number of hydrogen-bond donors (Lipinski definition) is 1. The standard InChI is InChI=1S/C16H22BrNO/c1-12-3-2-8-16(9-12)11-19-15(10-18-16)13-4-6-14(17)7-5-13/h4-7,12,15,18H,2-3,8-11H2,1H3. The Morgan fingerprint density at radius 2 is 2.11 bits per heavy atom. The van der Waals surface area contributed by atoms with Crippen molar-refractivity contribution in [2.45, 2.75) is 44.2 Å². The van der Waals surface area contributed by atoms with Crippen molar-refractivity contribution < 1.29 is 4.74 Å². The highest BCUT2D eigenvalue weighted by atomic mass is 79.9. The SMILES string of the molecule is CC1CCCC2(COC(c3ccc(Br)cc3)CN2)C1. The summed E-state index contributed by atoms with van der Waals surface area (Å²) in [4.78, 5) is 0. The summed E-state index contributed by atoms with van der Waals surface area (Å²) in [5.41, 5.74) is 1.53. The van der Waals surface area contributed by atoms with Gasteiger partial charge in [0.15, 0.2) is 0 Å². The highest BCUT2D eigenvalue weighted by Crippen LogP contribution is 2.36. The van der Waals surface area contributed by atoms with E-state index in [9.17, 15) is 0 Å². The summed E-state index contributed by atoms with van der Waals surface area (Å²) < 4.78 is 7.29. The molecule has 1 aromatic carbocycles. The van der Waals surface area contributed by atoms with Crippen molar-refractivity contribution in [1.82, 2.24) is 5.32 Å². The number of nitrogens with one attached hydrogen (secondary N) is 1. The molecule has 1 saturated carbocycles. The topological polar surface area (TPSA) is 21.3 Å². The van der Waals surface area contributed by atoms with Crippen LogP contribution in [0.3, 0.4) is 0 Å². The average molecular weight is 324 g/mol. The van der Waals surface area contributed by atoms with Gasteiger partial charge in [-0.1, -0.05) is 47.8 Å².